The predicted octanol–water partition coefficient (Wildman–Crippen LogP) is 1.58. The van der Waals surface area contributed by atoms with Gasteiger partial charge >= 0.3 is 6.09 Å². The lowest BCUT2D eigenvalue weighted by atomic mass is 9.94. The molecular weight excluding hydrogens is 478 g/mol. The van der Waals surface area contributed by atoms with Gasteiger partial charge in [-0.1, -0.05) is 5.92 Å². The maximum atomic E-state index is 12.3. The molecule has 0 saturated carbocycles. The van der Waals surface area contributed by atoms with E-state index in [2.05, 4.69) is 32.1 Å². The molecule has 1 unspecified atom stereocenters. The second-order valence-electron chi connectivity index (χ2n) is 10.4. The Morgan fingerprint density at radius 3 is 2.70 bits per heavy atom. The summed E-state index contributed by atoms with van der Waals surface area (Å²) in [5.74, 6) is 6.62. The number of carbonyl (C=O) groups is 2. The highest BCUT2D eigenvalue weighted by Crippen LogP contribution is 2.32. The first-order chi connectivity index (χ1) is 17.6. The molecule has 3 atom stereocenters. The molecule has 0 bridgehead atoms. The first-order valence-electron chi connectivity index (χ1n) is 12.6. The van der Waals surface area contributed by atoms with E-state index in [9.17, 15) is 14.7 Å². The summed E-state index contributed by atoms with van der Waals surface area (Å²) < 4.78 is 12.8. The number of rotatable bonds is 4. The number of hydrogen-bond donors (Lipinski definition) is 3. The first kappa shape index (κ1) is 26.6. The van der Waals surface area contributed by atoms with Gasteiger partial charge in [0.05, 0.1) is 6.33 Å². The van der Waals surface area contributed by atoms with Crippen LogP contribution in [0, 0.1) is 17.8 Å². The van der Waals surface area contributed by atoms with Gasteiger partial charge in [-0.2, -0.15) is 0 Å². The van der Waals surface area contributed by atoms with Crippen LogP contribution in [0.1, 0.15) is 65.4 Å². The third-order valence-corrected chi connectivity index (χ3v) is 6.31. The van der Waals surface area contributed by atoms with E-state index in [1.54, 1.807) is 9.47 Å². The Kier molecular flexibility index (Phi) is 7.85. The number of imidazole rings is 1. The molecule has 37 heavy (non-hydrogen) atoms. The van der Waals surface area contributed by atoms with Crippen LogP contribution in [0.3, 0.4) is 0 Å². The Bertz CT molecular complexity index is 1200. The summed E-state index contributed by atoms with van der Waals surface area (Å²) in [5, 5.41) is 13.3. The smallest absolute Gasteiger partial charge is 0.410 e. The van der Waals surface area contributed by atoms with Crippen molar-refractivity contribution < 1.29 is 24.2 Å². The maximum Gasteiger partial charge on any atom is 0.410 e. The van der Waals surface area contributed by atoms with Gasteiger partial charge in [0, 0.05) is 32.5 Å². The molecule has 2 aromatic rings. The van der Waals surface area contributed by atoms with Gasteiger partial charge in [-0.05, 0) is 52.4 Å². The molecule has 200 valence electrons. The molecule has 4 N–H and O–H groups in total. The van der Waals surface area contributed by atoms with E-state index >= 15 is 0 Å². The predicted molar refractivity (Wildman–Crippen MR) is 135 cm³/mol. The molecule has 2 fully saturated rings. The van der Waals surface area contributed by atoms with Gasteiger partial charge in [0.1, 0.15) is 23.3 Å². The molecule has 0 aliphatic carbocycles. The number of aromatic nitrogens is 4. The fourth-order valence-corrected chi connectivity index (χ4v) is 4.46. The van der Waals surface area contributed by atoms with Crippen LogP contribution in [0.15, 0.2) is 6.33 Å². The summed E-state index contributed by atoms with van der Waals surface area (Å²) in [7, 11) is 0. The lowest BCUT2D eigenvalue weighted by Gasteiger charge is -2.32. The summed E-state index contributed by atoms with van der Waals surface area (Å²) >= 11 is 0. The average molecular weight is 514 g/mol. The van der Waals surface area contributed by atoms with Crippen molar-refractivity contribution in [1.82, 2.24) is 29.7 Å². The molecule has 4 heterocycles. The molecular formula is C25H35N7O5. The van der Waals surface area contributed by atoms with Crippen LogP contribution >= 0.6 is 0 Å². The Hall–Kier alpha value is -3.43. The number of aliphatic hydroxyl groups is 1. The van der Waals surface area contributed by atoms with Crippen LogP contribution in [0.2, 0.25) is 0 Å². The van der Waals surface area contributed by atoms with Crippen molar-refractivity contribution >= 4 is 29.0 Å². The standard InChI is InChI=1S/C25H35N7O5/c1-5-27-22(34)17-13-16(33)23(36-17)32-14-28-19-20(26)29-18(30-21(19)32)8-6-7-15-9-11-31(12-10-15)24(35)37-25(2,3)4/h14-17,23,33H,5,7,9-13H2,1-4H3,(H,27,34)(H2,26,29,30)/t16?,17-,23+/m0/s1. The van der Waals surface area contributed by atoms with Crippen molar-refractivity contribution in [2.75, 3.05) is 25.4 Å². The third kappa shape index (κ3) is 6.29. The second kappa shape index (κ2) is 10.9. The fraction of sp³-hybridized carbons (Fsp3) is 0.640. The number of fused-ring (bicyclic) bond motifs is 1. The molecule has 0 aromatic carbocycles. The largest absolute Gasteiger partial charge is 0.444 e. The number of likely N-dealkylation sites (N-methyl/N-ethyl adjacent to an activating group) is 1. The van der Waals surface area contributed by atoms with Gasteiger partial charge in [0.15, 0.2) is 17.7 Å². The van der Waals surface area contributed by atoms with Gasteiger partial charge in [-0.25, -0.2) is 19.7 Å². The van der Waals surface area contributed by atoms with Crippen molar-refractivity contribution in [3.05, 3.63) is 12.2 Å². The number of amides is 2. The topological polar surface area (TPSA) is 158 Å². The van der Waals surface area contributed by atoms with Crippen molar-refractivity contribution in [1.29, 1.82) is 0 Å². The molecule has 2 amide bonds. The van der Waals surface area contributed by atoms with Crippen molar-refractivity contribution in [3.63, 3.8) is 0 Å². The highest BCUT2D eigenvalue weighted by atomic mass is 16.6. The summed E-state index contributed by atoms with van der Waals surface area (Å²) in [4.78, 5) is 39.2. The van der Waals surface area contributed by atoms with Crippen LogP contribution in [0.4, 0.5) is 10.6 Å². The van der Waals surface area contributed by atoms with E-state index in [0.29, 0.717) is 43.1 Å². The van der Waals surface area contributed by atoms with E-state index in [1.165, 1.54) is 6.33 Å². The summed E-state index contributed by atoms with van der Waals surface area (Å²) in [6.07, 6.45) is 1.16. The van der Waals surface area contributed by atoms with Crippen LogP contribution in [-0.4, -0.2) is 79.0 Å². The zero-order chi connectivity index (χ0) is 26.7. The van der Waals surface area contributed by atoms with Gasteiger partial charge in [-0.15, -0.1) is 0 Å². The molecule has 2 aliphatic rings. The molecule has 2 aromatic heterocycles. The van der Waals surface area contributed by atoms with Crippen LogP contribution in [0.5, 0.6) is 0 Å². The molecule has 2 saturated heterocycles. The maximum absolute atomic E-state index is 12.3. The summed E-state index contributed by atoms with van der Waals surface area (Å²) in [6, 6.07) is 0. The minimum atomic E-state index is -0.915. The number of nitrogens with one attached hydrogen (secondary N) is 1. The SMILES string of the molecule is CCNC(=O)[C@@H]1CC(O)[C@H](n2cnc3c(N)nc(C#CCC4CCN(C(=O)OC(C)(C)C)CC4)nc32)O1. The number of nitrogens with zero attached hydrogens (tertiary/aromatic N) is 5. The Labute approximate surface area is 215 Å². The fourth-order valence-electron chi connectivity index (χ4n) is 4.46. The lowest BCUT2D eigenvalue weighted by Crippen LogP contribution is -2.41. The Morgan fingerprint density at radius 2 is 2.03 bits per heavy atom. The number of ether oxygens (including phenoxy) is 2. The van der Waals surface area contributed by atoms with E-state index in [4.69, 9.17) is 15.2 Å². The number of aliphatic hydroxyl groups excluding tert-OH is 1. The van der Waals surface area contributed by atoms with Gasteiger partial charge in [0.25, 0.3) is 0 Å². The number of carbonyl (C=O) groups excluding carboxylic acids is 2. The van der Waals surface area contributed by atoms with E-state index < -0.39 is 24.0 Å². The number of likely N-dealkylation sites (tertiary alicyclic amines) is 1. The molecule has 4 rings (SSSR count). The number of nitrogens with two attached hydrogens (primary N) is 1. The summed E-state index contributed by atoms with van der Waals surface area (Å²) in [5.41, 5.74) is 6.35. The number of piperidine rings is 1. The van der Waals surface area contributed by atoms with Crippen molar-refractivity contribution in [3.8, 4) is 11.8 Å². The highest BCUT2D eigenvalue weighted by molar-refractivity contribution is 5.82. The minimum Gasteiger partial charge on any atom is -0.444 e. The highest BCUT2D eigenvalue weighted by Gasteiger charge is 2.39. The van der Waals surface area contributed by atoms with Crippen LogP contribution < -0.4 is 11.1 Å². The van der Waals surface area contributed by atoms with Crippen LogP contribution in [-0.2, 0) is 14.3 Å². The quantitative estimate of drug-likeness (QED) is 0.516. The van der Waals surface area contributed by atoms with Crippen molar-refractivity contribution in [2.45, 2.75) is 77.4 Å². The zero-order valence-electron chi connectivity index (χ0n) is 21.7. The third-order valence-electron chi connectivity index (χ3n) is 6.31. The lowest BCUT2D eigenvalue weighted by molar-refractivity contribution is -0.134. The van der Waals surface area contributed by atoms with Crippen molar-refractivity contribution in [2.24, 2.45) is 5.92 Å². The molecule has 2 aliphatic heterocycles. The average Bonchev–Trinajstić information content (AvgIpc) is 3.42. The molecule has 0 radical (unpaired) electrons. The minimum absolute atomic E-state index is 0.163. The zero-order valence-corrected chi connectivity index (χ0v) is 21.7. The Morgan fingerprint density at radius 1 is 1.30 bits per heavy atom. The molecule has 12 heteroatoms. The van der Waals surface area contributed by atoms with Gasteiger partial charge < -0.3 is 30.5 Å². The van der Waals surface area contributed by atoms with E-state index in [-0.39, 0.29) is 30.1 Å². The first-order valence-corrected chi connectivity index (χ1v) is 12.6. The van der Waals surface area contributed by atoms with Crippen LogP contribution in [0.25, 0.3) is 11.2 Å². The second-order valence-corrected chi connectivity index (χ2v) is 10.4. The monoisotopic (exact) mass is 513 g/mol. The molecule has 12 nitrogen and oxygen atoms in total. The molecule has 0 spiro atoms. The normalized spacial score (nSPS) is 22.5. The number of hydrogen-bond acceptors (Lipinski definition) is 9. The number of nitrogen functional groups attached to an aromatic ring is 1. The van der Waals surface area contributed by atoms with E-state index in [0.717, 1.165) is 12.8 Å². The van der Waals surface area contributed by atoms with Gasteiger partial charge in [0.2, 0.25) is 11.7 Å². The van der Waals surface area contributed by atoms with Gasteiger partial charge in [-0.3, -0.25) is 9.36 Å². The summed E-state index contributed by atoms with van der Waals surface area (Å²) in [6.45, 7) is 9.14. The number of anilines is 1. The Balaban J connectivity index is 1.41. The van der Waals surface area contributed by atoms with E-state index in [1.807, 2.05) is 27.7 Å².